The van der Waals surface area contributed by atoms with Crippen molar-refractivity contribution in [3.63, 3.8) is 0 Å². The number of piperidine rings is 1. The predicted molar refractivity (Wildman–Crippen MR) is 148 cm³/mol. The molecule has 196 valence electrons. The van der Waals surface area contributed by atoms with E-state index in [4.69, 9.17) is 9.97 Å². The molecule has 2 aliphatic rings. The number of anilines is 2. The fraction of sp³-hybridized carbons (Fsp3) is 0.379. The average molecular weight is 512 g/mol. The lowest BCUT2D eigenvalue weighted by Crippen LogP contribution is -2.26. The van der Waals surface area contributed by atoms with E-state index in [0.29, 0.717) is 47.3 Å². The second kappa shape index (κ2) is 9.81. The number of nitrogens with zero attached hydrogens (tertiary/aromatic N) is 5. The quantitative estimate of drug-likeness (QED) is 0.323. The van der Waals surface area contributed by atoms with Crippen molar-refractivity contribution in [2.45, 2.75) is 57.1 Å². The number of aryl methyl sites for hydroxylation is 1. The molecule has 9 nitrogen and oxygen atoms in total. The highest BCUT2D eigenvalue weighted by atomic mass is 16.3. The Hall–Kier alpha value is -3.82. The molecule has 1 aliphatic carbocycles. The molecule has 0 unspecified atom stereocenters. The molecule has 1 saturated heterocycles. The molecule has 0 spiro atoms. The molecule has 0 saturated carbocycles. The van der Waals surface area contributed by atoms with Gasteiger partial charge in [0, 0.05) is 11.9 Å². The maximum absolute atomic E-state index is 13.3. The van der Waals surface area contributed by atoms with Gasteiger partial charge >= 0.3 is 0 Å². The van der Waals surface area contributed by atoms with Crippen LogP contribution >= 0.6 is 0 Å². The summed E-state index contributed by atoms with van der Waals surface area (Å²) in [6.07, 6.45) is 7.54. The molecular weight excluding hydrogens is 478 g/mol. The zero-order valence-electron chi connectivity index (χ0n) is 21.7. The molecule has 0 radical (unpaired) electrons. The van der Waals surface area contributed by atoms with Crippen molar-refractivity contribution < 1.29 is 5.11 Å². The number of pyridine rings is 1. The minimum absolute atomic E-state index is 0.217. The number of benzene rings is 1. The van der Waals surface area contributed by atoms with Crippen molar-refractivity contribution in [1.82, 2.24) is 29.6 Å². The molecule has 1 aromatic carbocycles. The third-order valence-corrected chi connectivity index (χ3v) is 7.97. The summed E-state index contributed by atoms with van der Waals surface area (Å²) in [5.41, 5.74) is 3.22. The van der Waals surface area contributed by atoms with Gasteiger partial charge in [-0.15, -0.1) is 6.58 Å². The number of hydrogen-bond acceptors (Lipinski definition) is 7. The third kappa shape index (κ3) is 4.21. The third-order valence-electron chi connectivity index (χ3n) is 7.97. The summed E-state index contributed by atoms with van der Waals surface area (Å²) in [5.74, 6) is 1.51. The Bertz CT molecular complexity index is 1550. The molecule has 1 atom stereocenters. The minimum Gasteiger partial charge on any atom is -0.384 e. The molecule has 38 heavy (non-hydrogen) atoms. The van der Waals surface area contributed by atoms with Crippen LogP contribution < -0.4 is 16.2 Å². The summed E-state index contributed by atoms with van der Waals surface area (Å²) < 4.78 is 3.26. The molecule has 3 N–H and O–H groups in total. The Morgan fingerprint density at radius 1 is 1.18 bits per heavy atom. The van der Waals surface area contributed by atoms with Gasteiger partial charge in [-0.2, -0.15) is 4.98 Å². The van der Waals surface area contributed by atoms with Gasteiger partial charge in [-0.3, -0.25) is 4.79 Å². The van der Waals surface area contributed by atoms with Crippen molar-refractivity contribution >= 4 is 22.7 Å². The highest BCUT2D eigenvalue weighted by Crippen LogP contribution is 2.38. The van der Waals surface area contributed by atoms with Crippen LogP contribution in [0.1, 0.15) is 55.3 Å². The Morgan fingerprint density at radius 3 is 2.71 bits per heavy atom. The molecule has 0 bridgehead atoms. The van der Waals surface area contributed by atoms with Crippen LogP contribution in [0.5, 0.6) is 0 Å². The molecule has 1 aliphatic heterocycles. The first kappa shape index (κ1) is 24.5. The average Bonchev–Trinajstić information content (AvgIpc) is 3.43. The van der Waals surface area contributed by atoms with Gasteiger partial charge in [0.05, 0.1) is 12.2 Å². The van der Waals surface area contributed by atoms with Gasteiger partial charge in [0.2, 0.25) is 5.95 Å². The zero-order valence-corrected chi connectivity index (χ0v) is 21.7. The van der Waals surface area contributed by atoms with Crippen LogP contribution in [0.2, 0.25) is 0 Å². The largest absolute Gasteiger partial charge is 0.384 e. The first-order valence-electron chi connectivity index (χ1n) is 13.4. The highest BCUT2D eigenvalue weighted by Gasteiger charge is 2.37. The van der Waals surface area contributed by atoms with E-state index in [1.54, 1.807) is 21.6 Å². The van der Waals surface area contributed by atoms with Crippen LogP contribution in [0.4, 0.5) is 11.6 Å². The first-order valence-corrected chi connectivity index (χ1v) is 13.4. The summed E-state index contributed by atoms with van der Waals surface area (Å²) >= 11 is 0. The summed E-state index contributed by atoms with van der Waals surface area (Å²) in [7, 11) is 0. The molecule has 4 aromatic rings. The van der Waals surface area contributed by atoms with Gasteiger partial charge in [-0.1, -0.05) is 31.2 Å². The lowest BCUT2D eigenvalue weighted by molar-refractivity contribution is 0.0306. The van der Waals surface area contributed by atoms with E-state index in [1.165, 1.54) is 5.56 Å². The van der Waals surface area contributed by atoms with Gasteiger partial charge in [-0.05, 0) is 80.4 Å². The van der Waals surface area contributed by atoms with Crippen LogP contribution in [0.25, 0.3) is 16.9 Å². The van der Waals surface area contributed by atoms with E-state index in [9.17, 15) is 9.90 Å². The molecule has 0 amide bonds. The molecule has 4 heterocycles. The van der Waals surface area contributed by atoms with Crippen molar-refractivity contribution in [3.8, 4) is 5.82 Å². The van der Waals surface area contributed by atoms with E-state index >= 15 is 0 Å². The first-order chi connectivity index (χ1) is 18.5. The topological polar surface area (TPSA) is 110 Å². The van der Waals surface area contributed by atoms with Crippen LogP contribution in [-0.2, 0) is 18.6 Å². The fourth-order valence-corrected chi connectivity index (χ4v) is 5.74. The number of nitrogens with one attached hydrogen (secondary N) is 2. The maximum Gasteiger partial charge on any atom is 0.278 e. The molecule has 3 aromatic heterocycles. The molecular formula is C29H33N7O2. The van der Waals surface area contributed by atoms with Crippen LogP contribution in [0.3, 0.4) is 0 Å². The lowest BCUT2D eigenvalue weighted by atomic mass is 9.90. The van der Waals surface area contributed by atoms with Gasteiger partial charge in [-0.25, -0.2) is 19.3 Å². The number of fused-ring (bicyclic) bond motifs is 2. The fourth-order valence-electron chi connectivity index (χ4n) is 5.74. The van der Waals surface area contributed by atoms with E-state index in [-0.39, 0.29) is 12.1 Å². The number of aromatic nitrogens is 5. The summed E-state index contributed by atoms with van der Waals surface area (Å²) in [6.45, 7) is 8.19. The maximum atomic E-state index is 13.3. The second-order valence-corrected chi connectivity index (χ2v) is 10.3. The standard InChI is InChI=1S/C29H33N7O2/c1-3-17-35-27(37)23-18-31-28(32-22-8-5-19(6-9-22)20-12-15-30-16-13-20)34-26(23)36(35)24-10-7-21-11-14-29(38,4-2)25(21)33-24/h3,5-10,18,20,30,38H,1,4,11-17H2,2H3,(H,31,32,34)/t29-/m1/s1. The van der Waals surface area contributed by atoms with E-state index in [1.807, 2.05) is 19.1 Å². The van der Waals surface area contributed by atoms with E-state index in [0.717, 1.165) is 43.6 Å². The van der Waals surface area contributed by atoms with Crippen molar-refractivity contribution in [1.29, 1.82) is 0 Å². The Balaban J connectivity index is 1.38. The second-order valence-electron chi connectivity index (χ2n) is 10.3. The van der Waals surface area contributed by atoms with Gasteiger partial charge in [0.1, 0.15) is 11.0 Å². The molecule has 9 heteroatoms. The summed E-state index contributed by atoms with van der Waals surface area (Å²) in [6, 6.07) is 12.3. The number of aliphatic hydroxyl groups is 1. The van der Waals surface area contributed by atoms with Gasteiger partial charge in [0.25, 0.3) is 5.56 Å². The number of hydrogen-bond donors (Lipinski definition) is 3. The van der Waals surface area contributed by atoms with Gasteiger partial charge < -0.3 is 15.7 Å². The predicted octanol–water partition coefficient (Wildman–Crippen LogP) is 3.92. The van der Waals surface area contributed by atoms with Gasteiger partial charge in [0.15, 0.2) is 11.5 Å². The Morgan fingerprint density at radius 2 is 1.97 bits per heavy atom. The SMILES string of the molecule is C=CCn1c(=O)c2cnc(Nc3ccc(C4CCNCC4)cc3)nc2n1-c1ccc2c(n1)[C@@](O)(CC)CC2. The number of rotatable bonds is 7. The highest BCUT2D eigenvalue weighted by molar-refractivity contribution is 5.77. The normalized spacial score (nSPS) is 19.5. The van der Waals surface area contributed by atoms with Crippen molar-refractivity contribution in [2.75, 3.05) is 18.4 Å². The van der Waals surface area contributed by atoms with Crippen molar-refractivity contribution in [3.05, 3.63) is 82.4 Å². The van der Waals surface area contributed by atoms with Crippen molar-refractivity contribution in [2.24, 2.45) is 0 Å². The Labute approximate surface area is 221 Å². The molecule has 1 fully saturated rings. The minimum atomic E-state index is -0.958. The van der Waals surface area contributed by atoms with E-state index < -0.39 is 5.60 Å². The Kier molecular flexibility index (Phi) is 6.33. The van der Waals surface area contributed by atoms with E-state index in [2.05, 4.69) is 46.5 Å². The van der Waals surface area contributed by atoms with Crippen LogP contribution in [-0.4, -0.2) is 42.5 Å². The smallest absolute Gasteiger partial charge is 0.278 e. The monoisotopic (exact) mass is 511 g/mol. The number of allylic oxidation sites excluding steroid dienone is 1. The lowest BCUT2D eigenvalue weighted by Gasteiger charge is -2.23. The van der Waals surface area contributed by atoms with Crippen LogP contribution in [0.15, 0.2) is 60.0 Å². The summed E-state index contributed by atoms with van der Waals surface area (Å²) in [5, 5.41) is 18.2. The summed E-state index contributed by atoms with van der Waals surface area (Å²) in [4.78, 5) is 27.3. The van der Waals surface area contributed by atoms with Crippen LogP contribution in [0, 0.1) is 0 Å². The molecule has 6 rings (SSSR count). The zero-order chi connectivity index (χ0) is 26.3.